The van der Waals surface area contributed by atoms with Crippen LogP contribution in [-0.2, 0) is 4.79 Å². The molecule has 1 aromatic heterocycles. The summed E-state index contributed by atoms with van der Waals surface area (Å²) in [6.07, 6.45) is 2.84. The quantitative estimate of drug-likeness (QED) is 0.794. The fraction of sp³-hybridized carbons (Fsp3) is 0.667. The van der Waals surface area contributed by atoms with Crippen LogP contribution < -0.4 is 10.6 Å². The molecular formula is C12H22N4O. The predicted molar refractivity (Wildman–Crippen MR) is 69.0 cm³/mol. The van der Waals surface area contributed by atoms with E-state index in [1.165, 1.54) is 0 Å². The van der Waals surface area contributed by atoms with E-state index >= 15 is 0 Å². The highest BCUT2D eigenvalue weighted by atomic mass is 16.1. The number of nitrogens with one attached hydrogen (secondary N) is 2. The Morgan fingerprint density at radius 1 is 1.47 bits per heavy atom. The molecule has 0 saturated heterocycles. The summed E-state index contributed by atoms with van der Waals surface area (Å²) in [7, 11) is 0. The zero-order valence-electron chi connectivity index (χ0n) is 11.0. The number of hydrogen-bond donors (Lipinski definition) is 2. The molecule has 0 aliphatic heterocycles. The summed E-state index contributed by atoms with van der Waals surface area (Å²) in [6, 6.07) is 2.42. The Kier molecular flexibility index (Phi) is 5.00. The number of carbonyl (C=O) groups excluding carboxylic acids is 1. The van der Waals surface area contributed by atoms with Crippen molar-refractivity contribution < 1.29 is 4.79 Å². The molecule has 0 spiro atoms. The molecule has 0 bridgehead atoms. The van der Waals surface area contributed by atoms with Gasteiger partial charge in [0.2, 0.25) is 5.91 Å². The molecule has 0 aromatic carbocycles. The van der Waals surface area contributed by atoms with Crippen molar-refractivity contribution in [2.45, 2.75) is 46.2 Å². The summed E-state index contributed by atoms with van der Waals surface area (Å²) < 4.78 is 1.86. The van der Waals surface area contributed by atoms with Gasteiger partial charge in [0.15, 0.2) is 0 Å². The van der Waals surface area contributed by atoms with Gasteiger partial charge < -0.3 is 10.6 Å². The van der Waals surface area contributed by atoms with Gasteiger partial charge in [0.05, 0.1) is 6.54 Å². The third-order valence-corrected chi connectivity index (χ3v) is 2.59. The van der Waals surface area contributed by atoms with Crippen molar-refractivity contribution in [2.24, 2.45) is 0 Å². The molecular weight excluding hydrogens is 216 g/mol. The highest BCUT2D eigenvalue weighted by Crippen LogP contribution is 2.07. The molecule has 0 saturated carbocycles. The van der Waals surface area contributed by atoms with Crippen LogP contribution in [0, 0.1) is 0 Å². The van der Waals surface area contributed by atoms with Crippen molar-refractivity contribution in [1.29, 1.82) is 0 Å². The average Bonchev–Trinajstić information content (AvgIpc) is 2.75. The van der Waals surface area contributed by atoms with Crippen molar-refractivity contribution >= 4 is 11.7 Å². The second-order valence-electron chi connectivity index (χ2n) is 4.51. The van der Waals surface area contributed by atoms with Gasteiger partial charge in [-0.3, -0.25) is 9.48 Å². The SMILES string of the molecule is CCC(C)NC(=O)CNc1ccn(C(C)C)n1. The van der Waals surface area contributed by atoms with Crippen LogP contribution in [0.3, 0.4) is 0 Å². The van der Waals surface area contributed by atoms with E-state index in [0.29, 0.717) is 6.04 Å². The molecule has 1 atom stereocenters. The number of nitrogens with zero attached hydrogens (tertiary/aromatic N) is 2. The second kappa shape index (κ2) is 6.27. The summed E-state index contributed by atoms with van der Waals surface area (Å²) in [5.74, 6) is 0.733. The Bertz CT molecular complexity index is 359. The van der Waals surface area contributed by atoms with Crippen LogP contribution >= 0.6 is 0 Å². The first-order valence-electron chi connectivity index (χ1n) is 6.11. The molecule has 1 unspecified atom stereocenters. The standard InChI is InChI=1S/C12H22N4O/c1-5-10(4)14-12(17)8-13-11-6-7-16(15-11)9(2)3/h6-7,9-10H,5,8H2,1-4H3,(H,13,15)(H,14,17). The van der Waals surface area contributed by atoms with Crippen LogP contribution in [0.25, 0.3) is 0 Å². The first kappa shape index (κ1) is 13.5. The predicted octanol–water partition coefficient (Wildman–Crippen LogP) is 1.79. The lowest BCUT2D eigenvalue weighted by Crippen LogP contribution is -2.36. The van der Waals surface area contributed by atoms with Crippen LogP contribution in [0.15, 0.2) is 12.3 Å². The lowest BCUT2D eigenvalue weighted by atomic mass is 10.2. The zero-order chi connectivity index (χ0) is 12.8. The molecule has 2 N–H and O–H groups in total. The summed E-state index contributed by atoms with van der Waals surface area (Å²) in [5, 5.41) is 10.2. The van der Waals surface area contributed by atoms with Gasteiger partial charge in [-0.1, -0.05) is 6.92 Å². The van der Waals surface area contributed by atoms with Gasteiger partial charge in [0.1, 0.15) is 5.82 Å². The molecule has 1 heterocycles. The highest BCUT2D eigenvalue weighted by molar-refractivity contribution is 5.80. The maximum absolute atomic E-state index is 11.5. The number of amides is 1. The minimum atomic E-state index is -0.00144. The molecule has 5 heteroatoms. The first-order chi connectivity index (χ1) is 8.02. The molecule has 0 aliphatic carbocycles. The van der Waals surface area contributed by atoms with Crippen molar-refractivity contribution in [2.75, 3.05) is 11.9 Å². The monoisotopic (exact) mass is 238 g/mol. The van der Waals surface area contributed by atoms with Crippen LogP contribution in [0.5, 0.6) is 0 Å². The van der Waals surface area contributed by atoms with E-state index in [4.69, 9.17) is 0 Å². The van der Waals surface area contributed by atoms with E-state index in [1.807, 2.05) is 30.8 Å². The van der Waals surface area contributed by atoms with Gasteiger partial charge in [0, 0.05) is 24.3 Å². The fourth-order valence-corrected chi connectivity index (χ4v) is 1.32. The molecule has 1 amide bonds. The van der Waals surface area contributed by atoms with Crippen molar-refractivity contribution in [1.82, 2.24) is 15.1 Å². The van der Waals surface area contributed by atoms with Gasteiger partial charge in [0.25, 0.3) is 0 Å². The minimum Gasteiger partial charge on any atom is -0.360 e. The largest absolute Gasteiger partial charge is 0.360 e. The third-order valence-electron chi connectivity index (χ3n) is 2.59. The van der Waals surface area contributed by atoms with Crippen LogP contribution in [0.1, 0.15) is 40.2 Å². The van der Waals surface area contributed by atoms with Gasteiger partial charge in [-0.2, -0.15) is 5.10 Å². The molecule has 1 aromatic rings. The van der Waals surface area contributed by atoms with E-state index in [1.54, 1.807) is 0 Å². The van der Waals surface area contributed by atoms with Gasteiger partial charge in [-0.15, -0.1) is 0 Å². The van der Waals surface area contributed by atoms with Crippen molar-refractivity contribution in [3.05, 3.63) is 12.3 Å². The lowest BCUT2D eigenvalue weighted by molar-refractivity contribution is -0.120. The number of rotatable bonds is 6. The van der Waals surface area contributed by atoms with Crippen LogP contribution in [0.4, 0.5) is 5.82 Å². The normalized spacial score (nSPS) is 12.5. The molecule has 0 aliphatic rings. The van der Waals surface area contributed by atoms with E-state index < -0.39 is 0 Å². The number of aromatic nitrogens is 2. The van der Waals surface area contributed by atoms with Gasteiger partial charge >= 0.3 is 0 Å². The molecule has 17 heavy (non-hydrogen) atoms. The van der Waals surface area contributed by atoms with Gasteiger partial charge in [-0.05, 0) is 27.2 Å². The summed E-state index contributed by atoms with van der Waals surface area (Å²) in [5.41, 5.74) is 0. The number of carbonyl (C=O) groups is 1. The zero-order valence-corrected chi connectivity index (χ0v) is 11.0. The van der Waals surface area contributed by atoms with E-state index in [9.17, 15) is 4.79 Å². The first-order valence-corrected chi connectivity index (χ1v) is 6.11. The maximum atomic E-state index is 11.5. The summed E-state index contributed by atoms with van der Waals surface area (Å²) >= 11 is 0. The Hall–Kier alpha value is -1.52. The molecule has 0 radical (unpaired) electrons. The third kappa shape index (κ3) is 4.46. The summed E-state index contributed by atoms with van der Waals surface area (Å²) in [6.45, 7) is 8.42. The van der Waals surface area contributed by atoms with Crippen LogP contribution in [-0.4, -0.2) is 28.3 Å². The second-order valence-corrected chi connectivity index (χ2v) is 4.51. The van der Waals surface area contributed by atoms with E-state index in [0.717, 1.165) is 12.2 Å². The minimum absolute atomic E-state index is 0.00144. The average molecular weight is 238 g/mol. The van der Waals surface area contributed by atoms with E-state index in [2.05, 4.69) is 29.6 Å². The van der Waals surface area contributed by atoms with Crippen molar-refractivity contribution in [3.8, 4) is 0 Å². The Labute approximate surface area is 103 Å². The topological polar surface area (TPSA) is 59.0 Å². The van der Waals surface area contributed by atoms with Gasteiger partial charge in [-0.25, -0.2) is 0 Å². The maximum Gasteiger partial charge on any atom is 0.239 e. The molecule has 0 fully saturated rings. The molecule has 96 valence electrons. The Balaban J connectivity index is 2.37. The van der Waals surface area contributed by atoms with Crippen LogP contribution in [0.2, 0.25) is 0 Å². The highest BCUT2D eigenvalue weighted by Gasteiger charge is 2.06. The smallest absolute Gasteiger partial charge is 0.239 e. The molecule has 1 rings (SSSR count). The Morgan fingerprint density at radius 2 is 2.18 bits per heavy atom. The Morgan fingerprint density at radius 3 is 2.71 bits per heavy atom. The van der Waals surface area contributed by atoms with E-state index in [-0.39, 0.29) is 18.5 Å². The van der Waals surface area contributed by atoms with Crippen molar-refractivity contribution in [3.63, 3.8) is 0 Å². The summed E-state index contributed by atoms with van der Waals surface area (Å²) in [4.78, 5) is 11.5. The fourth-order valence-electron chi connectivity index (χ4n) is 1.32. The molecule has 5 nitrogen and oxygen atoms in total. The number of hydrogen-bond acceptors (Lipinski definition) is 3. The number of anilines is 1. The lowest BCUT2D eigenvalue weighted by Gasteiger charge is -2.11.